The minimum atomic E-state index is -0.429. The van der Waals surface area contributed by atoms with Gasteiger partial charge < -0.3 is 14.2 Å². The number of hydrogen-bond acceptors (Lipinski definition) is 6. The van der Waals surface area contributed by atoms with Gasteiger partial charge >= 0.3 is 17.9 Å². The van der Waals surface area contributed by atoms with Crippen molar-refractivity contribution in [1.82, 2.24) is 0 Å². The second-order valence-corrected chi connectivity index (χ2v) is 17.6. The topological polar surface area (TPSA) is 78.9 Å². The van der Waals surface area contributed by atoms with E-state index in [4.69, 9.17) is 14.2 Å². The van der Waals surface area contributed by atoms with Gasteiger partial charge in [0, 0.05) is 19.3 Å². The molecule has 5 aliphatic rings. The maximum Gasteiger partial charge on any atom is 0.312 e. The van der Waals surface area contributed by atoms with Crippen LogP contribution in [0.2, 0.25) is 0 Å². The molecule has 6 nitrogen and oxygen atoms in total. The van der Waals surface area contributed by atoms with Crippen LogP contribution < -0.4 is 0 Å². The minimum absolute atomic E-state index is 0.0419. The first kappa shape index (κ1) is 34.5. The van der Waals surface area contributed by atoms with E-state index in [2.05, 4.69) is 55.0 Å². The van der Waals surface area contributed by atoms with Crippen LogP contribution in [0.5, 0.6) is 0 Å². The van der Waals surface area contributed by atoms with Crippen LogP contribution in [-0.4, -0.2) is 37.2 Å². The zero-order chi connectivity index (χ0) is 33.2. The highest BCUT2D eigenvalue weighted by atomic mass is 16.6. The molecule has 5 aliphatic carbocycles. The normalized spacial score (nSPS) is 45.4. The summed E-state index contributed by atoms with van der Waals surface area (Å²) in [6, 6.07) is 0. The average Bonchev–Trinajstić information content (AvgIpc) is 3.35. The molecule has 0 amide bonds. The number of carbonyl (C=O) groups is 3. The van der Waals surface area contributed by atoms with E-state index in [0.29, 0.717) is 30.3 Å². The maximum absolute atomic E-state index is 14.1. The van der Waals surface area contributed by atoms with Crippen molar-refractivity contribution in [2.24, 2.45) is 62.6 Å². The number of esters is 3. The van der Waals surface area contributed by atoms with Crippen molar-refractivity contribution in [3.05, 3.63) is 12.2 Å². The molecule has 0 spiro atoms. The Morgan fingerprint density at radius 3 is 2.11 bits per heavy atom. The Morgan fingerprint density at radius 2 is 1.49 bits per heavy atom. The third kappa shape index (κ3) is 5.31. The van der Waals surface area contributed by atoms with Gasteiger partial charge in [0.2, 0.25) is 0 Å². The van der Waals surface area contributed by atoms with Crippen molar-refractivity contribution in [3.63, 3.8) is 0 Å². The lowest BCUT2D eigenvalue weighted by Gasteiger charge is -2.72. The van der Waals surface area contributed by atoms with Gasteiger partial charge in [0.05, 0.1) is 12.0 Å². The van der Waals surface area contributed by atoms with Gasteiger partial charge in [-0.05, 0) is 129 Å². The number of ether oxygens (including phenoxy) is 3. The van der Waals surface area contributed by atoms with Crippen molar-refractivity contribution in [2.45, 2.75) is 139 Å². The van der Waals surface area contributed by atoms with Crippen LogP contribution in [0, 0.1) is 62.6 Å². The average molecular weight is 627 g/mol. The van der Waals surface area contributed by atoms with Crippen LogP contribution in [0.1, 0.15) is 133 Å². The molecule has 0 aromatic carbocycles. The molecule has 4 unspecified atom stereocenters. The van der Waals surface area contributed by atoms with E-state index in [-0.39, 0.29) is 64.1 Å². The molecular weight excluding hydrogens is 564 g/mol. The molecule has 5 rings (SSSR count). The van der Waals surface area contributed by atoms with Crippen molar-refractivity contribution >= 4 is 17.9 Å². The zero-order valence-electron chi connectivity index (χ0n) is 29.9. The van der Waals surface area contributed by atoms with E-state index in [1.54, 1.807) is 0 Å². The zero-order valence-corrected chi connectivity index (χ0v) is 29.9. The first-order valence-electron chi connectivity index (χ1n) is 18.1. The van der Waals surface area contributed by atoms with Crippen LogP contribution in [0.3, 0.4) is 0 Å². The van der Waals surface area contributed by atoms with Crippen LogP contribution in [0.15, 0.2) is 12.2 Å². The van der Waals surface area contributed by atoms with E-state index in [1.165, 1.54) is 19.4 Å². The fourth-order valence-electron chi connectivity index (χ4n) is 12.7. The highest BCUT2D eigenvalue weighted by Crippen LogP contribution is 2.77. The van der Waals surface area contributed by atoms with Crippen molar-refractivity contribution in [3.8, 4) is 0 Å². The highest BCUT2D eigenvalue weighted by Gasteiger charge is 2.72. The van der Waals surface area contributed by atoms with Gasteiger partial charge in [0.25, 0.3) is 0 Å². The van der Waals surface area contributed by atoms with Gasteiger partial charge in [-0.15, -0.1) is 0 Å². The largest absolute Gasteiger partial charge is 0.465 e. The maximum atomic E-state index is 14.1. The summed E-state index contributed by atoms with van der Waals surface area (Å²) in [6.45, 7) is 24.7. The van der Waals surface area contributed by atoms with E-state index in [1.807, 2.05) is 0 Å². The Kier molecular flexibility index (Phi) is 9.19. The Morgan fingerprint density at radius 1 is 0.778 bits per heavy atom. The van der Waals surface area contributed by atoms with Crippen LogP contribution in [-0.2, 0) is 28.6 Å². The predicted octanol–water partition coefficient (Wildman–Crippen LogP) is 8.71. The molecule has 0 radical (unpaired) electrons. The summed E-state index contributed by atoms with van der Waals surface area (Å²) in [7, 11) is 0. The molecule has 0 aromatic rings. The molecule has 0 aromatic heterocycles. The van der Waals surface area contributed by atoms with Gasteiger partial charge in [-0.2, -0.15) is 0 Å². The number of rotatable bonds is 8. The van der Waals surface area contributed by atoms with Gasteiger partial charge in [0.1, 0.15) is 12.7 Å². The number of allylic oxidation sites excluding steroid dienone is 1. The number of hydrogen-bond donors (Lipinski definition) is 0. The Labute approximate surface area is 273 Å². The lowest BCUT2D eigenvalue weighted by molar-refractivity contribution is -0.257. The first-order valence-corrected chi connectivity index (χ1v) is 18.1. The quantitative estimate of drug-likeness (QED) is 0.152. The number of fused-ring (bicyclic) bond motifs is 7. The second kappa shape index (κ2) is 12.0. The second-order valence-electron chi connectivity index (χ2n) is 17.6. The molecule has 6 heteroatoms. The minimum Gasteiger partial charge on any atom is -0.465 e. The Hall–Kier alpha value is -1.85. The monoisotopic (exact) mass is 626 g/mol. The third-order valence-electron chi connectivity index (χ3n) is 15.0. The highest BCUT2D eigenvalue weighted by molar-refractivity contribution is 5.78. The first-order chi connectivity index (χ1) is 21.0. The fourth-order valence-corrected chi connectivity index (χ4v) is 12.7. The molecule has 45 heavy (non-hydrogen) atoms. The molecule has 254 valence electrons. The van der Waals surface area contributed by atoms with E-state index >= 15 is 0 Å². The molecule has 0 heterocycles. The smallest absolute Gasteiger partial charge is 0.312 e. The lowest BCUT2D eigenvalue weighted by Crippen LogP contribution is -2.68. The summed E-state index contributed by atoms with van der Waals surface area (Å²) >= 11 is 0. The van der Waals surface area contributed by atoms with Gasteiger partial charge in [-0.25, -0.2) is 0 Å². The molecule has 5 fully saturated rings. The number of carbonyl (C=O) groups excluding carboxylic acids is 3. The van der Waals surface area contributed by atoms with Crippen molar-refractivity contribution < 1.29 is 28.6 Å². The molecule has 11 atom stereocenters. The lowest BCUT2D eigenvalue weighted by atomic mass is 9.32. The van der Waals surface area contributed by atoms with Gasteiger partial charge in [0.15, 0.2) is 0 Å². The summed E-state index contributed by atoms with van der Waals surface area (Å²) < 4.78 is 17.8. The molecular formula is C39H62O6. The summed E-state index contributed by atoms with van der Waals surface area (Å²) in [5.41, 5.74) is 0.678. The summed E-state index contributed by atoms with van der Waals surface area (Å²) in [5.74, 6) is 1.94. The van der Waals surface area contributed by atoms with Crippen molar-refractivity contribution in [2.75, 3.05) is 13.2 Å². The molecule has 0 aliphatic heterocycles. The third-order valence-corrected chi connectivity index (χ3v) is 15.0. The van der Waals surface area contributed by atoms with Crippen molar-refractivity contribution in [1.29, 1.82) is 0 Å². The fraction of sp³-hybridized carbons (Fsp3) is 0.872. The summed E-state index contributed by atoms with van der Waals surface area (Å²) in [4.78, 5) is 38.3. The molecule has 5 saturated carbocycles. The molecule has 0 N–H and O–H groups in total. The SMILES string of the molecule is C=C(C)[C@@H]1CC[C@]2(C(=O)OCCC(C)C)CC[C@]3(C)C(CCC4[C@@]5(C)CC[C@H](OC(C)=O)[C@@](C)(COC(C)=O)C5CC[C@]43C)C12. The predicted molar refractivity (Wildman–Crippen MR) is 176 cm³/mol. The molecule has 0 bridgehead atoms. The van der Waals surface area contributed by atoms with Gasteiger partial charge in [-0.3, -0.25) is 14.4 Å². The van der Waals surface area contributed by atoms with Crippen LogP contribution in [0.4, 0.5) is 0 Å². The standard InChI is InChI=1S/C39H62O6/c1-24(2)16-22-43-34(42)39-19-13-28(25(3)4)33(39)29-11-12-31-35(7)17-15-32(45-27(6)41)36(8,23-44-26(5)40)30(35)14-18-38(31,10)37(29,9)20-21-39/h24,28-33H,3,11-23H2,1-2,4-10H3/t28-,29?,30?,31?,32-,33?,35-,36-,37+,38+,39-/m0/s1. The Balaban J connectivity index is 1.49. The Bertz CT molecular complexity index is 1190. The summed E-state index contributed by atoms with van der Waals surface area (Å²) in [6.07, 6.45) is 10.8. The molecule has 0 saturated heterocycles. The van der Waals surface area contributed by atoms with Gasteiger partial charge in [-0.1, -0.05) is 53.7 Å². The van der Waals surface area contributed by atoms with Crippen LogP contribution in [0.25, 0.3) is 0 Å². The van der Waals surface area contributed by atoms with E-state index in [9.17, 15) is 14.4 Å². The summed E-state index contributed by atoms with van der Waals surface area (Å²) in [5, 5.41) is 0. The van der Waals surface area contributed by atoms with Crippen LogP contribution >= 0.6 is 0 Å². The van der Waals surface area contributed by atoms with E-state index < -0.39 is 5.41 Å². The van der Waals surface area contributed by atoms with E-state index in [0.717, 1.165) is 70.6 Å².